The number of anilines is 1. The SMILES string of the molecule is CCCN(C(=O)Nc1cc(C(N)=O)c(F)cc1F)C1CCN(Cc2ccc(Oc3ccc(C(=O)N4CCN(C(C)=O)CC4)cc3)nc2C)CC1. The third kappa shape index (κ3) is 8.72. The zero-order chi connectivity index (χ0) is 35.9. The molecule has 266 valence electrons. The number of primary amides is 1. The smallest absolute Gasteiger partial charge is 0.322 e. The van der Waals surface area contributed by atoms with Crippen molar-refractivity contribution in [3.63, 3.8) is 0 Å². The van der Waals surface area contributed by atoms with Gasteiger partial charge in [0.2, 0.25) is 11.8 Å². The number of carbonyl (C=O) groups is 4. The van der Waals surface area contributed by atoms with Crippen LogP contribution in [0.15, 0.2) is 48.5 Å². The van der Waals surface area contributed by atoms with Gasteiger partial charge in [0.05, 0.1) is 11.3 Å². The molecule has 50 heavy (non-hydrogen) atoms. The van der Waals surface area contributed by atoms with E-state index in [2.05, 4.69) is 15.2 Å². The molecule has 12 nitrogen and oxygen atoms in total. The van der Waals surface area contributed by atoms with Crippen molar-refractivity contribution in [2.24, 2.45) is 5.73 Å². The highest BCUT2D eigenvalue weighted by Crippen LogP contribution is 2.26. The maximum Gasteiger partial charge on any atom is 0.322 e. The van der Waals surface area contributed by atoms with Gasteiger partial charge in [-0.25, -0.2) is 18.6 Å². The molecule has 0 aliphatic carbocycles. The molecular formula is C36H43F2N7O5. The lowest BCUT2D eigenvalue weighted by atomic mass is 10.0. The fourth-order valence-corrected chi connectivity index (χ4v) is 6.33. The average molecular weight is 692 g/mol. The second-order valence-electron chi connectivity index (χ2n) is 12.6. The molecule has 5 amide bonds. The molecule has 3 aromatic rings. The predicted octanol–water partition coefficient (Wildman–Crippen LogP) is 4.77. The summed E-state index contributed by atoms with van der Waals surface area (Å²) in [4.78, 5) is 61.3. The van der Waals surface area contributed by atoms with Crippen LogP contribution in [0.3, 0.4) is 0 Å². The maximum atomic E-state index is 14.4. The number of benzene rings is 2. The average Bonchev–Trinajstić information content (AvgIpc) is 3.10. The molecule has 14 heteroatoms. The summed E-state index contributed by atoms with van der Waals surface area (Å²) in [6, 6.07) is 11.6. The van der Waals surface area contributed by atoms with Gasteiger partial charge in [0.15, 0.2) is 0 Å². The number of amides is 5. The van der Waals surface area contributed by atoms with Crippen LogP contribution in [0.1, 0.15) is 65.1 Å². The van der Waals surface area contributed by atoms with Crippen LogP contribution in [-0.4, -0.2) is 100 Å². The first-order valence-electron chi connectivity index (χ1n) is 16.8. The van der Waals surface area contributed by atoms with Crippen LogP contribution >= 0.6 is 0 Å². The molecule has 1 aromatic heterocycles. The van der Waals surface area contributed by atoms with E-state index in [1.165, 1.54) is 6.92 Å². The van der Waals surface area contributed by atoms with Gasteiger partial charge in [-0.3, -0.25) is 19.3 Å². The minimum Gasteiger partial charge on any atom is -0.439 e. The summed E-state index contributed by atoms with van der Waals surface area (Å²) in [7, 11) is 0. The molecular weight excluding hydrogens is 648 g/mol. The van der Waals surface area contributed by atoms with E-state index in [1.54, 1.807) is 39.0 Å². The van der Waals surface area contributed by atoms with Crippen molar-refractivity contribution >= 4 is 29.4 Å². The van der Waals surface area contributed by atoms with Gasteiger partial charge >= 0.3 is 6.03 Å². The highest BCUT2D eigenvalue weighted by atomic mass is 19.1. The number of aromatic nitrogens is 1. The minimum absolute atomic E-state index is 0.0172. The molecule has 2 fully saturated rings. The molecule has 3 heterocycles. The standard InChI is InChI=1S/C36H43F2N7O5/c1-4-13-45(36(49)41-32-20-29(34(39)47)30(37)21-31(32)38)27-11-14-42(15-12-27)22-26-7-10-33(40-23(26)2)50-28-8-5-25(6-9-28)35(48)44-18-16-43(17-19-44)24(3)46/h5-10,20-21,27H,4,11-19,22H2,1-3H3,(H2,39,47)(H,41,49). The molecule has 0 radical (unpaired) electrons. The Morgan fingerprint density at radius 1 is 0.940 bits per heavy atom. The van der Waals surface area contributed by atoms with E-state index in [4.69, 9.17) is 10.5 Å². The second-order valence-corrected chi connectivity index (χ2v) is 12.6. The lowest BCUT2D eigenvalue weighted by Gasteiger charge is -2.38. The Balaban J connectivity index is 1.12. The molecule has 0 spiro atoms. The number of likely N-dealkylation sites (tertiary alicyclic amines) is 1. The molecule has 5 rings (SSSR count). The van der Waals surface area contributed by atoms with Crippen LogP contribution in [0, 0.1) is 18.6 Å². The quantitative estimate of drug-likeness (QED) is 0.312. The monoisotopic (exact) mass is 691 g/mol. The largest absolute Gasteiger partial charge is 0.439 e. The fourth-order valence-electron chi connectivity index (χ4n) is 6.33. The summed E-state index contributed by atoms with van der Waals surface area (Å²) < 4.78 is 34.3. The Morgan fingerprint density at radius 3 is 2.20 bits per heavy atom. The Kier molecular flexibility index (Phi) is 11.6. The van der Waals surface area contributed by atoms with Crippen molar-refractivity contribution in [1.29, 1.82) is 0 Å². The Labute approximate surface area is 290 Å². The van der Waals surface area contributed by atoms with E-state index < -0.39 is 29.1 Å². The second kappa shape index (κ2) is 16.1. The lowest BCUT2D eigenvalue weighted by molar-refractivity contribution is -0.130. The number of piperidine rings is 1. The van der Waals surface area contributed by atoms with Gasteiger partial charge in [0, 0.05) is 88.7 Å². The lowest BCUT2D eigenvalue weighted by Crippen LogP contribution is -2.50. The zero-order valence-electron chi connectivity index (χ0n) is 28.6. The third-order valence-corrected chi connectivity index (χ3v) is 9.19. The number of urea groups is 1. The zero-order valence-corrected chi connectivity index (χ0v) is 28.6. The van der Waals surface area contributed by atoms with Gasteiger partial charge < -0.3 is 30.5 Å². The first-order valence-corrected chi connectivity index (χ1v) is 16.8. The molecule has 2 aromatic carbocycles. The van der Waals surface area contributed by atoms with E-state index in [0.29, 0.717) is 81.8 Å². The number of ether oxygens (including phenoxy) is 1. The van der Waals surface area contributed by atoms with Gasteiger partial charge in [0.1, 0.15) is 17.4 Å². The first kappa shape index (κ1) is 36.2. The molecule has 0 saturated carbocycles. The van der Waals surface area contributed by atoms with E-state index in [0.717, 1.165) is 30.4 Å². The highest BCUT2D eigenvalue weighted by Gasteiger charge is 2.29. The number of pyridine rings is 1. The summed E-state index contributed by atoms with van der Waals surface area (Å²) in [6.07, 6.45) is 2.09. The topological polar surface area (TPSA) is 141 Å². The van der Waals surface area contributed by atoms with E-state index in [9.17, 15) is 28.0 Å². The van der Waals surface area contributed by atoms with Crippen LogP contribution in [-0.2, 0) is 11.3 Å². The molecule has 3 N–H and O–H groups in total. The van der Waals surface area contributed by atoms with Crippen LogP contribution in [0.5, 0.6) is 11.6 Å². The van der Waals surface area contributed by atoms with Crippen LogP contribution < -0.4 is 15.8 Å². The molecule has 0 unspecified atom stereocenters. The van der Waals surface area contributed by atoms with Crippen molar-refractivity contribution in [2.75, 3.05) is 51.1 Å². The minimum atomic E-state index is -1.09. The van der Waals surface area contributed by atoms with E-state index >= 15 is 0 Å². The number of nitrogens with two attached hydrogens (primary N) is 1. The molecule has 2 aliphatic rings. The van der Waals surface area contributed by atoms with E-state index in [-0.39, 0.29) is 23.5 Å². The normalized spacial score (nSPS) is 15.5. The number of rotatable bonds is 10. The predicted molar refractivity (Wildman–Crippen MR) is 183 cm³/mol. The summed E-state index contributed by atoms with van der Waals surface area (Å²) in [6.45, 7) is 10.0. The number of nitrogens with one attached hydrogen (secondary N) is 1. The molecule has 2 saturated heterocycles. The number of hydrogen-bond donors (Lipinski definition) is 2. The number of aryl methyl sites for hydroxylation is 1. The van der Waals surface area contributed by atoms with Crippen LogP contribution in [0.4, 0.5) is 19.3 Å². The van der Waals surface area contributed by atoms with Gasteiger partial charge in [-0.1, -0.05) is 13.0 Å². The summed E-state index contributed by atoms with van der Waals surface area (Å²) in [5, 5.41) is 2.50. The van der Waals surface area contributed by atoms with Crippen molar-refractivity contribution in [3.8, 4) is 11.6 Å². The molecule has 0 atom stereocenters. The fraction of sp³-hybridized carbons (Fsp3) is 0.417. The highest BCUT2D eigenvalue weighted by molar-refractivity contribution is 5.96. The van der Waals surface area contributed by atoms with Crippen molar-refractivity contribution in [1.82, 2.24) is 24.6 Å². The molecule has 2 aliphatic heterocycles. The maximum absolute atomic E-state index is 14.4. The van der Waals surface area contributed by atoms with Crippen molar-refractivity contribution in [2.45, 2.75) is 52.6 Å². The van der Waals surface area contributed by atoms with Gasteiger partial charge in [-0.2, -0.15) is 0 Å². The summed E-state index contributed by atoms with van der Waals surface area (Å²) in [5.41, 5.74) is 6.81. The van der Waals surface area contributed by atoms with Crippen LogP contribution in [0.2, 0.25) is 0 Å². The summed E-state index contributed by atoms with van der Waals surface area (Å²) >= 11 is 0. The van der Waals surface area contributed by atoms with Crippen molar-refractivity contribution < 1.29 is 32.7 Å². The first-order chi connectivity index (χ1) is 23.9. The Hall–Kier alpha value is -5.11. The number of halogens is 2. The van der Waals surface area contributed by atoms with Crippen LogP contribution in [0.25, 0.3) is 0 Å². The third-order valence-electron chi connectivity index (χ3n) is 9.19. The van der Waals surface area contributed by atoms with Gasteiger partial charge in [-0.15, -0.1) is 0 Å². The number of nitrogens with zero attached hydrogens (tertiary/aromatic N) is 5. The van der Waals surface area contributed by atoms with Crippen molar-refractivity contribution in [3.05, 3.63) is 82.5 Å². The van der Waals surface area contributed by atoms with E-state index in [1.807, 2.05) is 26.0 Å². The van der Waals surface area contributed by atoms with Gasteiger partial charge in [-0.05, 0) is 62.1 Å². The number of piperazine rings is 1. The molecule has 0 bridgehead atoms. The number of carbonyl (C=O) groups excluding carboxylic acids is 4. The van der Waals surface area contributed by atoms with Gasteiger partial charge in [0.25, 0.3) is 11.8 Å². The Morgan fingerprint density at radius 2 is 1.60 bits per heavy atom. The summed E-state index contributed by atoms with van der Waals surface area (Å²) in [5.74, 6) is -2.20. The Bertz CT molecular complexity index is 1720. The number of hydrogen-bond acceptors (Lipinski definition) is 7.